The molecule has 3 N–H and O–H groups in total. The van der Waals surface area contributed by atoms with Gasteiger partial charge in [-0.25, -0.2) is 17.6 Å². The first-order valence-corrected chi connectivity index (χ1v) is 9.52. The molecule has 1 aliphatic carbocycles. The van der Waals surface area contributed by atoms with Crippen molar-refractivity contribution in [2.45, 2.75) is 42.4 Å². The zero-order valence-electron chi connectivity index (χ0n) is 13.8. The number of hydrogen-bond donors (Lipinski definition) is 3. The number of alkyl halides is 1. The molecule has 1 atom stereocenters. The lowest BCUT2D eigenvalue weighted by atomic mass is 10.2. The molecule has 1 aromatic carbocycles. The average Bonchev–Trinajstić information content (AvgIpc) is 3.02. The van der Waals surface area contributed by atoms with Crippen molar-refractivity contribution < 1.29 is 22.7 Å². The highest BCUT2D eigenvalue weighted by molar-refractivity contribution is 7.93. The van der Waals surface area contributed by atoms with Gasteiger partial charge in [0.25, 0.3) is 0 Å². The number of allylic oxidation sites excluding steroid dienone is 1. The van der Waals surface area contributed by atoms with Crippen molar-refractivity contribution in [1.29, 1.82) is 0 Å². The monoisotopic (exact) mass is 390 g/mol. The van der Waals surface area contributed by atoms with Gasteiger partial charge in [0.05, 0.1) is 15.5 Å². The van der Waals surface area contributed by atoms with Crippen LogP contribution >= 0.6 is 11.6 Å². The van der Waals surface area contributed by atoms with Crippen LogP contribution in [0.2, 0.25) is 5.02 Å². The van der Waals surface area contributed by atoms with Crippen LogP contribution in [0.25, 0.3) is 0 Å². The van der Waals surface area contributed by atoms with E-state index in [0.29, 0.717) is 0 Å². The number of nitrogens with one attached hydrogen (secondary N) is 2. The predicted molar refractivity (Wildman–Crippen MR) is 94.7 cm³/mol. The molecular weight excluding hydrogens is 371 g/mol. The molecular formula is C16H20ClFN2O4S. The van der Waals surface area contributed by atoms with Gasteiger partial charge in [-0.3, -0.25) is 0 Å². The number of carbonyl (C=O) groups is 1. The molecule has 9 heteroatoms. The lowest BCUT2D eigenvalue weighted by Gasteiger charge is -2.23. The second kappa shape index (κ2) is 7.21. The van der Waals surface area contributed by atoms with Gasteiger partial charge < -0.3 is 15.7 Å². The number of sulfone groups is 1. The lowest BCUT2D eigenvalue weighted by molar-refractivity contribution is 0.250. The molecule has 2 rings (SSSR count). The summed E-state index contributed by atoms with van der Waals surface area (Å²) in [6.07, 6.45) is 5.41. The maximum Gasteiger partial charge on any atom is 0.319 e. The smallest absolute Gasteiger partial charge is 0.319 e. The Bertz CT molecular complexity index is 809. The number of benzene rings is 1. The van der Waals surface area contributed by atoms with Gasteiger partial charge in [-0.1, -0.05) is 23.8 Å². The second-order valence-electron chi connectivity index (χ2n) is 6.38. The molecule has 0 fully saturated rings. The minimum atomic E-state index is -4.27. The number of carbonyl (C=O) groups excluding carboxylic acids is 1. The molecule has 25 heavy (non-hydrogen) atoms. The number of amides is 2. The molecule has 6 nitrogen and oxygen atoms in total. The normalized spacial score (nSPS) is 17.5. The highest BCUT2D eigenvalue weighted by atomic mass is 35.5. The third-order valence-corrected chi connectivity index (χ3v) is 6.92. The fourth-order valence-electron chi connectivity index (χ4n) is 2.33. The highest BCUT2D eigenvalue weighted by Crippen LogP contribution is 2.41. The molecule has 0 aromatic heterocycles. The van der Waals surface area contributed by atoms with E-state index in [9.17, 15) is 22.7 Å². The van der Waals surface area contributed by atoms with Gasteiger partial charge in [0, 0.05) is 6.04 Å². The maximum absolute atomic E-state index is 13.2. The third kappa shape index (κ3) is 3.90. The van der Waals surface area contributed by atoms with E-state index in [2.05, 4.69) is 10.6 Å². The van der Waals surface area contributed by atoms with E-state index in [1.54, 1.807) is 0 Å². The van der Waals surface area contributed by atoms with Gasteiger partial charge in [0.1, 0.15) is 11.6 Å². The molecule has 0 bridgehead atoms. The summed E-state index contributed by atoms with van der Waals surface area (Å²) in [7, 11) is -4.27. The van der Waals surface area contributed by atoms with Crippen molar-refractivity contribution in [2.75, 3.05) is 12.0 Å². The van der Waals surface area contributed by atoms with Crippen LogP contribution in [0.4, 0.5) is 14.9 Å². The summed E-state index contributed by atoms with van der Waals surface area (Å²) in [4.78, 5) is 11.4. The van der Waals surface area contributed by atoms with E-state index >= 15 is 0 Å². The van der Waals surface area contributed by atoms with Crippen LogP contribution in [0.1, 0.15) is 26.7 Å². The number of phenolic OH excluding ortho intramolecular Hbond substituents is 1. The van der Waals surface area contributed by atoms with Crippen LogP contribution in [0, 0.1) is 0 Å². The highest BCUT2D eigenvalue weighted by Gasteiger charge is 2.40. The fraction of sp³-hybridized carbons (Fsp3) is 0.438. The van der Waals surface area contributed by atoms with Crippen molar-refractivity contribution in [3.8, 4) is 5.75 Å². The van der Waals surface area contributed by atoms with E-state index in [4.69, 9.17) is 11.6 Å². The number of urea groups is 1. The molecule has 0 spiro atoms. The van der Waals surface area contributed by atoms with Gasteiger partial charge in [-0.15, -0.1) is 0 Å². The fourth-order valence-corrected chi connectivity index (χ4v) is 4.17. The Hall–Kier alpha value is -1.80. The largest absolute Gasteiger partial charge is 0.504 e. The number of halogens is 2. The van der Waals surface area contributed by atoms with Crippen LogP contribution in [0.15, 0.2) is 29.2 Å². The molecule has 138 valence electrons. The van der Waals surface area contributed by atoms with E-state index in [1.165, 1.54) is 26.0 Å². The molecule has 0 saturated heterocycles. The molecule has 1 unspecified atom stereocenters. The Kier molecular flexibility index (Phi) is 5.63. The van der Waals surface area contributed by atoms with Crippen LogP contribution in [0.3, 0.4) is 0 Å². The zero-order chi connectivity index (χ0) is 18.8. The van der Waals surface area contributed by atoms with E-state index in [0.717, 1.165) is 12.8 Å². The summed E-state index contributed by atoms with van der Waals surface area (Å²) in [5.41, 5.74) is -0.128. The van der Waals surface area contributed by atoms with Gasteiger partial charge in [0.15, 0.2) is 15.6 Å². The summed E-state index contributed by atoms with van der Waals surface area (Å²) < 4.78 is 36.6. The summed E-state index contributed by atoms with van der Waals surface area (Å²) >= 11 is 5.92. The minimum Gasteiger partial charge on any atom is -0.504 e. The first-order valence-electron chi connectivity index (χ1n) is 7.66. The average molecular weight is 391 g/mol. The minimum absolute atomic E-state index is 0.122. The van der Waals surface area contributed by atoms with Crippen molar-refractivity contribution in [2.24, 2.45) is 0 Å². The van der Waals surface area contributed by atoms with E-state index < -0.39 is 37.9 Å². The second-order valence-corrected chi connectivity index (χ2v) is 9.31. The molecule has 0 saturated carbocycles. The Morgan fingerprint density at radius 3 is 2.68 bits per heavy atom. The molecule has 2 amide bonds. The van der Waals surface area contributed by atoms with Gasteiger partial charge in [-0.05, 0) is 38.8 Å². The van der Waals surface area contributed by atoms with E-state index in [-0.39, 0.29) is 16.8 Å². The summed E-state index contributed by atoms with van der Waals surface area (Å²) in [6, 6.07) is 1.79. The van der Waals surface area contributed by atoms with Crippen molar-refractivity contribution in [3.05, 3.63) is 29.3 Å². The van der Waals surface area contributed by atoms with Crippen molar-refractivity contribution in [1.82, 2.24) is 5.32 Å². The van der Waals surface area contributed by atoms with Gasteiger partial charge in [-0.2, -0.15) is 0 Å². The van der Waals surface area contributed by atoms with Crippen LogP contribution in [-0.4, -0.2) is 37.0 Å². The first kappa shape index (κ1) is 19.5. The Labute approximate surface area is 151 Å². The summed E-state index contributed by atoms with van der Waals surface area (Å²) in [5, 5.41) is 15.2. The number of anilines is 1. The van der Waals surface area contributed by atoms with Crippen LogP contribution in [0.5, 0.6) is 5.75 Å². The Morgan fingerprint density at radius 1 is 1.44 bits per heavy atom. The van der Waals surface area contributed by atoms with Crippen molar-refractivity contribution in [3.63, 3.8) is 0 Å². The van der Waals surface area contributed by atoms with Crippen LogP contribution in [-0.2, 0) is 9.84 Å². The molecule has 1 aliphatic rings. The van der Waals surface area contributed by atoms with E-state index in [1.807, 2.05) is 12.2 Å². The van der Waals surface area contributed by atoms with Gasteiger partial charge >= 0.3 is 6.03 Å². The molecule has 1 aromatic rings. The Morgan fingerprint density at radius 2 is 2.12 bits per heavy atom. The first-order chi connectivity index (χ1) is 11.6. The Balaban J connectivity index is 2.33. The number of phenols is 1. The number of aromatic hydroxyl groups is 1. The number of hydrogen-bond acceptors (Lipinski definition) is 4. The predicted octanol–water partition coefficient (Wildman–Crippen LogP) is 3.41. The lowest BCUT2D eigenvalue weighted by Crippen LogP contribution is -2.36. The quantitative estimate of drug-likeness (QED) is 0.530. The SMILES string of the molecule is CC(C)(CF)S(=O)(=O)c1c(Cl)ccc(NC(=O)NC2C=CCC2)c1O. The standard InChI is InChI=1S/C16H20ClFN2O4S/c1-16(2,9-18)25(23,24)14-11(17)7-8-12(13(14)21)20-15(22)19-10-5-3-4-6-10/h3,5,7-8,10,21H,4,6,9H2,1-2H3,(H2,19,20,22). The number of rotatable bonds is 5. The summed E-state index contributed by atoms with van der Waals surface area (Å²) in [5.74, 6) is -0.717. The third-order valence-electron chi connectivity index (χ3n) is 3.98. The topological polar surface area (TPSA) is 95.5 Å². The van der Waals surface area contributed by atoms with Gasteiger partial charge in [0.2, 0.25) is 0 Å². The summed E-state index contributed by atoms with van der Waals surface area (Å²) in [6.45, 7) is 1.23. The molecule has 0 radical (unpaired) electrons. The molecule has 0 aliphatic heterocycles. The maximum atomic E-state index is 13.2. The zero-order valence-corrected chi connectivity index (χ0v) is 15.4. The molecule has 0 heterocycles. The van der Waals surface area contributed by atoms with Crippen molar-refractivity contribution >= 4 is 33.2 Å². The van der Waals surface area contributed by atoms with Crippen LogP contribution < -0.4 is 10.6 Å².